The first kappa shape index (κ1) is 25.2. The number of hydrogen-bond acceptors (Lipinski definition) is 4. The minimum absolute atomic E-state index is 0.139. The van der Waals surface area contributed by atoms with E-state index in [1.807, 2.05) is 85.1 Å². The van der Waals surface area contributed by atoms with Gasteiger partial charge in [-0.05, 0) is 109 Å². The predicted molar refractivity (Wildman–Crippen MR) is 161 cm³/mol. The van der Waals surface area contributed by atoms with Crippen molar-refractivity contribution < 1.29 is 9.47 Å². The fraction of sp³-hybridized carbons (Fsp3) is 0.0968. The van der Waals surface area contributed by atoms with E-state index in [1.165, 1.54) is 0 Å². The van der Waals surface area contributed by atoms with Gasteiger partial charge in [0.2, 0.25) is 0 Å². The number of nitrogens with zero attached hydrogens (tertiary/aromatic N) is 3. The Labute approximate surface area is 241 Å². The van der Waals surface area contributed by atoms with Crippen LogP contribution in [0.15, 0.2) is 120 Å². The standard InChI is InChI=1S/C31H25BrN4O2S/c1-37-24-15-17-26(18-16-24)38-25-13-11-23(12-14-25)36-30(29(34-31(36)39)27-5-2-3-19-33-27)28-6-4-20-35(28)22-9-7-21(32)8-10-22/h2-20,29-30H,1H3,(H,34,39). The van der Waals surface area contributed by atoms with Crippen molar-refractivity contribution in [2.24, 2.45) is 0 Å². The summed E-state index contributed by atoms with van der Waals surface area (Å²) < 4.78 is 14.5. The van der Waals surface area contributed by atoms with E-state index in [-0.39, 0.29) is 12.1 Å². The molecule has 0 radical (unpaired) electrons. The van der Waals surface area contributed by atoms with E-state index >= 15 is 0 Å². The van der Waals surface area contributed by atoms with Gasteiger partial charge in [-0.25, -0.2) is 0 Å². The summed E-state index contributed by atoms with van der Waals surface area (Å²) in [7, 11) is 1.65. The minimum Gasteiger partial charge on any atom is -0.497 e. The minimum atomic E-state index is -0.141. The van der Waals surface area contributed by atoms with E-state index in [0.717, 1.165) is 44.5 Å². The summed E-state index contributed by atoms with van der Waals surface area (Å²) in [6.45, 7) is 0. The van der Waals surface area contributed by atoms with E-state index in [1.54, 1.807) is 7.11 Å². The maximum atomic E-state index is 6.06. The third-order valence-corrected chi connectivity index (χ3v) is 7.54. The molecule has 2 aromatic heterocycles. The van der Waals surface area contributed by atoms with Crippen molar-refractivity contribution in [3.63, 3.8) is 0 Å². The normalized spacial score (nSPS) is 16.7. The van der Waals surface area contributed by atoms with Crippen LogP contribution < -0.4 is 19.7 Å². The molecule has 2 atom stereocenters. The number of aromatic nitrogens is 2. The molecule has 6 nitrogen and oxygen atoms in total. The first-order chi connectivity index (χ1) is 19.1. The molecule has 0 spiro atoms. The molecule has 3 heterocycles. The van der Waals surface area contributed by atoms with Crippen molar-refractivity contribution >= 4 is 38.9 Å². The third kappa shape index (κ3) is 5.13. The smallest absolute Gasteiger partial charge is 0.174 e. The first-order valence-corrected chi connectivity index (χ1v) is 13.7. The van der Waals surface area contributed by atoms with Crippen LogP contribution in [0.1, 0.15) is 23.5 Å². The van der Waals surface area contributed by atoms with Gasteiger partial charge in [0.25, 0.3) is 0 Å². The van der Waals surface area contributed by atoms with E-state index in [9.17, 15) is 0 Å². The molecule has 6 rings (SSSR count). The van der Waals surface area contributed by atoms with Crippen LogP contribution in [0.25, 0.3) is 5.69 Å². The summed E-state index contributed by atoms with van der Waals surface area (Å²) in [4.78, 5) is 6.84. The number of methoxy groups -OCH3 is 1. The van der Waals surface area contributed by atoms with Crippen LogP contribution in [0, 0.1) is 0 Å². The number of anilines is 1. The van der Waals surface area contributed by atoms with E-state index < -0.39 is 0 Å². The molecule has 0 bridgehead atoms. The van der Waals surface area contributed by atoms with Gasteiger partial charge in [0.15, 0.2) is 5.11 Å². The van der Waals surface area contributed by atoms with Crippen LogP contribution in [0.4, 0.5) is 5.69 Å². The molecular weight excluding hydrogens is 572 g/mol. The second-order valence-electron chi connectivity index (χ2n) is 9.05. The van der Waals surface area contributed by atoms with Crippen LogP contribution in [0.2, 0.25) is 0 Å². The Balaban J connectivity index is 1.36. The average molecular weight is 598 g/mol. The van der Waals surface area contributed by atoms with Crippen LogP contribution in [-0.2, 0) is 0 Å². The van der Waals surface area contributed by atoms with Crippen molar-refractivity contribution in [2.45, 2.75) is 12.1 Å². The number of nitrogens with one attached hydrogen (secondary N) is 1. The Hall–Kier alpha value is -4.14. The summed E-state index contributed by atoms with van der Waals surface area (Å²) >= 11 is 9.46. The molecule has 8 heteroatoms. The highest BCUT2D eigenvalue weighted by molar-refractivity contribution is 9.10. The molecule has 194 valence electrons. The second-order valence-corrected chi connectivity index (χ2v) is 10.3. The number of rotatable bonds is 7. The summed E-state index contributed by atoms with van der Waals surface area (Å²) in [6.07, 6.45) is 3.90. The SMILES string of the molecule is COc1ccc(Oc2ccc(N3C(=S)NC(c4ccccn4)C3c3cccn3-c3ccc(Br)cc3)cc2)cc1. The maximum Gasteiger partial charge on any atom is 0.174 e. The van der Waals surface area contributed by atoms with Gasteiger partial charge in [-0.15, -0.1) is 0 Å². The molecule has 1 fully saturated rings. The van der Waals surface area contributed by atoms with Crippen molar-refractivity contribution in [2.75, 3.05) is 12.0 Å². The third-order valence-electron chi connectivity index (χ3n) is 6.70. The van der Waals surface area contributed by atoms with E-state index in [0.29, 0.717) is 5.11 Å². The Morgan fingerprint density at radius 2 is 1.46 bits per heavy atom. The summed E-state index contributed by atoms with van der Waals surface area (Å²) in [5.74, 6) is 2.26. The lowest BCUT2D eigenvalue weighted by Gasteiger charge is -2.29. The zero-order valence-electron chi connectivity index (χ0n) is 21.1. The lowest BCUT2D eigenvalue weighted by atomic mass is 10.0. The van der Waals surface area contributed by atoms with Gasteiger partial charge >= 0.3 is 0 Å². The zero-order chi connectivity index (χ0) is 26.8. The number of benzene rings is 3. The Bertz CT molecular complexity index is 1570. The summed E-state index contributed by atoms with van der Waals surface area (Å²) in [5, 5.41) is 4.18. The quantitative estimate of drug-likeness (QED) is 0.195. The predicted octanol–water partition coefficient (Wildman–Crippen LogP) is 7.61. The fourth-order valence-electron chi connectivity index (χ4n) is 4.86. The highest BCUT2D eigenvalue weighted by Gasteiger charge is 2.42. The van der Waals surface area contributed by atoms with Gasteiger partial charge < -0.3 is 24.3 Å². The van der Waals surface area contributed by atoms with Gasteiger partial charge in [-0.3, -0.25) is 4.98 Å². The monoisotopic (exact) mass is 596 g/mol. The van der Waals surface area contributed by atoms with Gasteiger partial charge in [-0.1, -0.05) is 22.0 Å². The van der Waals surface area contributed by atoms with Crippen molar-refractivity contribution in [1.29, 1.82) is 0 Å². The summed E-state index contributed by atoms with van der Waals surface area (Å²) in [5.41, 5.74) is 4.05. The first-order valence-electron chi connectivity index (χ1n) is 12.5. The van der Waals surface area contributed by atoms with E-state index in [2.05, 4.69) is 66.2 Å². The van der Waals surface area contributed by atoms with Gasteiger partial charge in [0.05, 0.1) is 18.8 Å². The Morgan fingerprint density at radius 1 is 0.795 bits per heavy atom. The average Bonchev–Trinajstić information content (AvgIpc) is 3.59. The Kier molecular flexibility index (Phi) is 7.04. The molecule has 1 aliphatic heterocycles. The number of thiocarbonyl (C=S) groups is 1. The van der Waals surface area contributed by atoms with Crippen LogP contribution in [0.5, 0.6) is 17.2 Å². The largest absolute Gasteiger partial charge is 0.497 e. The molecule has 1 aliphatic rings. The molecule has 1 N–H and O–H groups in total. The lowest BCUT2D eigenvalue weighted by molar-refractivity contribution is 0.413. The lowest BCUT2D eigenvalue weighted by Crippen LogP contribution is -2.30. The van der Waals surface area contributed by atoms with Gasteiger partial charge in [0.1, 0.15) is 23.3 Å². The molecule has 2 unspecified atom stereocenters. The van der Waals surface area contributed by atoms with Crippen LogP contribution >= 0.6 is 28.1 Å². The maximum absolute atomic E-state index is 6.06. The molecule has 0 saturated carbocycles. The number of ether oxygens (including phenoxy) is 2. The van der Waals surface area contributed by atoms with E-state index in [4.69, 9.17) is 21.7 Å². The van der Waals surface area contributed by atoms with Crippen LogP contribution in [-0.4, -0.2) is 21.8 Å². The van der Waals surface area contributed by atoms with Crippen molar-refractivity contribution in [1.82, 2.24) is 14.9 Å². The van der Waals surface area contributed by atoms with Crippen molar-refractivity contribution in [3.8, 4) is 22.9 Å². The molecular formula is C31H25BrN4O2S. The highest BCUT2D eigenvalue weighted by Crippen LogP contribution is 2.42. The highest BCUT2D eigenvalue weighted by atomic mass is 79.9. The number of hydrogen-bond donors (Lipinski definition) is 1. The zero-order valence-corrected chi connectivity index (χ0v) is 23.5. The van der Waals surface area contributed by atoms with Crippen LogP contribution in [0.3, 0.4) is 0 Å². The fourth-order valence-corrected chi connectivity index (χ4v) is 5.47. The topological polar surface area (TPSA) is 51.6 Å². The molecule has 0 aliphatic carbocycles. The summed E-state index contributed by atoms with van der Waals surface area (Å²) in [6, 6.07) is 33.7. The Morgan fingerprint density at radius 3 is 2.13 bits per heavy atom. The van der Waals surface area contributed by atoms with Gasteiger partial charge in [0, 0.05) is 33.9 Å². The molecule has 3 aromatic carbocycles. The number of halogens is 1. The second kappa shape index (κ2) is 10.9. The molecule has 39 heavy (non-hydrogen) atoms. The molecule has 5 aromatic rings. The number of pyridine rings is 1. The van der Waals surface area contributed by atoms with Crippen molar-refractivity contribution in [3.05, 3.63) is 131 Å². The molecule has 1 saturated heterocycles. The van der Waals surface area contributed by atoms with Gasteiger partial charge in [-0.2, -0.15) is 0 Å². The molecule has 0 amide bonds.